The highest BCUT2D eigenvalue weighted by molar-refractivity contribution is 7.89. The summed E-state index contributed by atoms with van der Waals surface area (Å²) in [6.07, 6.45) is 2.85. The molecule has 2 aromatic carbocycles. The van der Waals surface area contributed by atoms with Crippen molar-refractivity contribution < 1.29 is 8.42 Å². The van der Waals surface area contributed by atoms with Crippen molar-refractivity contribution in [2.45, 2.75) is 24.2 Å². The zero-order valence-electron chi connectivity index (χ0n) is 13.8. The van der Waals surface area contributed by atoms with Crippen molar-refractivity contribution >= 4 is 10.0 Å². The van der Waals surface area contributed by atoms with E-state index in [0.717, 1.165) is 30.4 Å². The van der Waals surface area contributed by atoms with Crippen LogP contribution in [-0.2, 0) is 10.0 Å². The Hall–Kier alpha value is -1.69. The van der Waals surface area contributed by atoms with Crippen molar-refractivity contribution in [3.05, 3.63) is 54.6 Å². The third-order valence-electron chi connectivity index (χ3n) is 4.64. The second-order valence-corrected chi connectivity index (χ2v) is 8.28. The average Bonchev–Trinajstić information content (AvgIpc) is 2.63. The SMILES string of the molecule is NCCC1CCCN(S(=O)(=O)c2cccc(-c3ccccc3)c2)C1. The van der Waals surface area contributed by atoms with E-state index < -0.39 is 10.0 Å². The van der Waals surface area contributed by atoms with E-state index >= 15 is 0 Å². The van der Waals surface area contributed by atoms with Gasteiger partial charge in [0, 0.05) is 13.1 Å². The maximum atomic E-state index is 13.0. The van der Waals surface area contributed by atoms with Crippen molar-refractivity contribution in [3.8, 4) is 11.1 Å². The second-order valence-electron chi connectivity index (χ2n) is 6.34. The van der Waals surface area contributed by atoms with Gasteiger partial charge in [-0.15, -0.1) is 0 Å². The largest absolute Gasteiger partial charge is 0.330 e. The molecule has 3 rings (SSSR count). The first-order chi connectivity index (χ1) is 11.6. The molecule has 0 bridgehead atoms. The van der Waals surface area contributed by atoms with Gasteiger partial charge in [0.25, 0.3) is 0 Å². The van der Waals surface area contributed by atoms with Gasteiger partial charge in [-0.05, 0) is 55.0 Å². The number of nitrogens with two attached hydrogens (primary N) is 1. The fraction of sp³-hybridized carbons (Fsp3) is 0.368. The summed E-state index contributed by atoms with van der Waals surface area (Å²) < 4.78 is 27.7. The lowest BCUT2D eigenvalue weighted by Gasteiger charge is -2.31. The molecule has 2 aromatic rings. The predicted molar refractivity (Wildman–Crippen MR) is 97.0 cm³/mol. The number of nitrogens with zero attached hydrogens (tertiary/aromatic N) is 1. The minimum Gasteiger partial charge on any atom is -0.330 e. The molecule has 1 aliphatic heterocycles. The van der Waals surface area contributed by atoms with E-state index in [0.29, 0.717) is 30.4 Å². The first-order valence-corrected chi connectivity index (χ1v) is 9.91. The molecular formula is C19H24N2O2S. The Morgan fingerprint density at radius 1 is 1.04 bits per heavy atom. The predicted octanol–water partition coefficient (Wildman–Crippen LogP) is 3.10. The van der Waals surface area contributed by atoms with E-state index in [9.17, 15) is 8.42 Å². The Bertz CT molecular complexity index is 773. The van der Waals surface area contributed by atoms with Crippen LogP contribution in [0, 0.1) is 5.92 Å². The first-order valence-electron chi connectivity index (χ1n) is 8.47. The van der Waals surface area contributed by atoms with Gasteiger partial charge < -0.3 is 5.73 Å². The van der Waals surface area contributed by atoms with Crippen LogP contribution in [-0.4, -0.2) is 32.4 Å². The smallest absolute Gasteiger partial charge is 0.243 e. The molecule has 0 spiro atoms. The Balaban J connectivity index is 1.87. The van der Waals surface area contributed by atoms with E-state index in [1.54, 1.807) is 16.4 Å². The fourth-order valence-electron chi connectivity index (χ4n) is 3.33. The van der Waals surface area contributed by atoms with Gasteiger partial charge in [0.1, 0.15) is 0 Å². The fourth-order valence-corrected chi connectivity index (χ4v) is 4.93. The molecule has 1 fully saturated rings. The quantitative estimate of drug-likeness (QED) is 0.906. The normalized spacial score (nSPS) is 19.3. The molecule has 1 aliphatic rings. The Morgan fingerprint density at radius 3 is 2.54 bits per heavy atom. The lowest BCUT2D eigenvalue weighted by Crippen LogP contribution is -2.40. The van der Waals surface area contributed by atoms with Crippen molar-refractivity contribution in [3.63, 3.8) is 0 Å². The number of hydrogen-bond donors (Lipinski definition) is 1. The molecular weight excluding hydrogens is 320 g/mol. The van der Waals surface area contributed by atoms with Crippen molar-refractivity contribution in [1.29, 1.82) is 0 Å². The summed E-state index contributed by atoms with van der Waals surface area (Å²) in [5, 5.41) is 0. The van der Waals surface area contributed by atoms with E-state index in [2.05, 4.69) is 0 Å². The molecule has 24 heavy (non-hydrogen) atoms. The minimum atomic E-state index is -3.45. The molecule has 1 heterocycles. The van der Waals surface area contributed by atoms with Crippen LogP contribution in [0.4, 0.5) is 0 Å². The summed E-state index contributed by atoms with van der Waals surface area (Å²) in [6.45, 7) is 1.79. The minimum absolute atomic E-state index is 0.371. The van der Waals surface area contributed by atoms with Gasteiger partial charge in [-0.1, -0.05) is 42.5 Å². The summed E-state index contributed by atoms with van der Waals surface area (Å²) in [4.78, 5) is 0.372. The summed E-state index contributed by atoms with van der Waals surface area (Å²) in [5.74, 6) is 0.371. The molecule has 0 aliphatic carbocycles. The molecule has 4 nitrogen and oxygen atoms in total. The van der Waals surface area contributed by atoms with Crippen molar-refractivity contribution in [2.75, 3.05) is 19.6 Å². The van der Waals surface area contributed by atoms with E-state index in [1.807, 2.05) is 42.5 Å². The van der Waals surface area contributed by atoms with E-state index in [1.165, 1.54) is 0 Å². The molecule has 2 N–H and O–H groups in total. The number of hydrogen-bond acceptors (Lipinski definition) is 3. The molecule has 1 unspecified atom stereocenters. The summed E-state index contributed by atoms with van der Waals surface area (Å²) >= 11 is 0. The zero-order chi connectivity index (χ0) is 17.0. The number of sulfonamides is 1. The van der Waals surface area contributed by atoms with Crippen LogP contribution in [0.2, 0.25) is 0 Å². The van der Waals surface area contributed by atoms with Crippen LogP contribution < -0.4 is 5.73 Å². The number of benzene rings is 2. The van der Waals surface area contributed by atoms with Crippen LogP contribution in [0.1, 0.15) is 19.3 Å². The number of rotatable bonds is 5. The first kappa shape index (κ1) is 17.1. The van der Waals surface area contributed by atoms with Crippen LogP contribution >= 0.6 is 0 Å². The molecule has 0 radical (unpaired) electrons. The van der Waals surface area contributed by atoms with Gasteiger partial charge >= 0.3 is 0 Å². The average molecular weight is 344 g/mol. The zero-order valence-corrected chi connectivity index (χ0v) is 14.6. The van der Waals surface area contributed by atoms with Crippen LogP contribution in [0.5, 0.6) is 0 Å². The molecule has 128 valence electrons. The van der Waals surface area contributed by atoms with Gasteiger partial charge in [-0.3, -0.25) is 0 Å². The number of piperidine rings is 1. The molecule has 1 saturated heterocycles. The molecule has 5 heteroatoms. The Morgan fingerprint density at radius 2 is 1.79 bits per heavy atom. The van der Waals surface area contributed by atoms with E-state index in [4.69, 9.17) is 5.73 Å². The highest BCUT2D eigenvalue weighted by Gasteiger charge is 2.30. The third-order valence-corrected chi connectivity index (χ3v) is 6.50. The highest BCUT2D eigenvalue weighted by atomic mass is 32.2. The van der Waals surface area contributed by atoms with E-state index in [-0.39, 0.29) is 0 Å². The Labute approximate surface area is 144 Å². The molecule has 0 amide bonds. The summed E-state index contributed by atoms with van der Waals surface area (Å²) in [5.41, 5.74) is 7.59. The second kappa shape index (κ2) is 7.47. The third kappa shape index (κ3) is 3.69. The van der Waals surface area contributed by atoms with Gasteiger partial charge in [0.05, 0.1) is 4.90 Å². The maximum Gasteiger partial charge on any atom is 0.243 e. The van der Waals surface area contributed by atoms with Crippen molar-refractivity contribution in [2.24, 2.45) is 11.7 Å². The monoisotopic (exact) mass is 344 g/mol. The highest BCUT2D eigenvalue weighted by Crippen LogP contribution is 2.28. The molecule has 1 atom stereocenters. The summed E-state index contributed by atoms with van der Waals surface area (Å²) in [6, 6.07) is 17.1. The van der Waals surface area contributed by atoms with Crippen LogP contribution in [0.3, 0.4) is 0 Å². The maximum absolute atomic E-state index is 13.0. The van der Waals surface area contributed by atoms with Crippen LogP contribution in [0.15, 0.2) is 59.5 Å². The lowest BCUT2D eigenvalue weighted by molar-refractivity contribution is 0.258. The van der Waals surface area contributed by atoms with Gasteiger partial charge in [-0.2, -0.15) is 4.31 Å². The van der Waals surface area contributed by atoms with Gasteiger partial charge in [0.2, 0.25) is 10.0 Å². The topological polar surface area (TPSA) is 63.4 Å². The van der Waals surface area contributed by atoms with Gasteiger partial charge in [-0.25, -0.2) is 8.42 Å². The van der Waals surface area contributed by atoms with Crippen LogP contribution in [0.25, 0.3) is 11.1 Å². The van der Waals surface area contributed by atoms with Gasteiger partial charge in [0.15, 0.2) is 0 Å². The molecule has 0 saturated carbocycles. The lowest BCUT2D eigenvalue weighted by atomic mass is 9.96. The molecule has 0 aromatic heterocycles. The Kier molecular flexibility index (Phi) is 5.33. The summed E-state index contributed by atoms with van der Waals surface area (Å²) in [7, 11) is -3.45. The van der Waals surface area contributed by atoms with Crippen molar-refractivity contribution in [1.82, 2.24) is 4.31 Å². The standard InChI is InChI=1S/C19H24N2O2S/c20-12-11-16-6-5-13-21(15-16)24(22,23)19-10-4-9-18(14-19)17-7-2-1-3-8-17/h1-4,7-10,14,16H,5-6,11-13,15,20H2.